The number of primary amides is 1. The van der Waals surface area contributed by atoms with Gasteiger partial charge in [-0.3, -0.25) is 43.3 Å². The highest BCUT2D eigenvalue weighted by atomic mass is 35.5. The average Bonchev–Trinajstić information content (AvgIpc) is 0.766. The number of nitrogens with two attached hydrogens (primary N) is 2. The van der Waals surface area contributed by atoms with E-state index in [0.717, 1.165) is 78.5 Å². The first-order valence-corrected chi connectivity index (χ1v) is 35.6. The summed E-state index contributed by atoms with van der Waals surface area (Å²) >= 11 is 15.1. The summed E-state index contributed by atoms with van der Waals surface area (Å²) in [5.41, 5.74) is 7.45. The number of halogens is 2. The van der Waals surface area contributed by atoms with Gasteiger partial charge in [0.1, 0.15) is 89.1 Å². The van der Waals surface area contributed by atoms with Crippen molar-refractivity contribution in [3.05, 3.63) is 133 Å². The number of likely N-dealkylation sites (N-methyl/N-ethyl adjacent to an activating group) is 1. The Labute approximate surface area is 632 Å². The lowest BCUT2D eigenvalue weighted by Crippen LogP contribution is -2.64. The average molecular weight is 1570 g/mol. The van der Waals surface area contributed by atoms with Gasteiger partial charge in [-0.25, -0.2) is 4.79 Å². The molecule has 0 spiro atoms. The number of amides is 7. The van der Waals surface area contributed by atoms with E-state index in [1.165, 1.54) is 40.0 Å². The van der Waals surface area contributed by atoms with E-state index in [1.807, 2.05) is 13.8 Å². The molecule has 21 N–H and O–H groups in total. The standard InChI is InChI=1S/C70H78Cl2N12O24S/c1-24(2)13-36(75-6)61(95)80-51-53(89)28-8-11-40(34(71)15-28)104-42-17-30-18-43(57(42)108-68-58(107-46-22-70(5,74)59(93)26(4)103-46)56(92)55(91)44(106-68)23-109-69-82-60(94)25(3)83-84-69)105-41-12-9-29(16-35(41)72)54(90)52-66(100)79-50(67(101)102)33-19-31(85)20-39(87)47(33)32-14-27(7-10-38(32)86)48(63(97)81-52)78-64(98)49(30)77-62(96)37(21-45(73)88)76-65(51)99/h7-12,14-20,24,26,36-37,44,46,48-56,58-59,68,75,85-87,89-93H,13,21-23,74H2,1-6H3,(H2,73,88)(H,76,99)(H,77,96)(H,78,98)(H,79,100)(H,80,95)(H,81,97)(H,101,102)(H,82,84,94)/t26-,36+,37-,44+,46-,48+,49+,50-,51+,52-,53+,54+,55+,56-,58+,59+,68-,70-/m0/s1. The van der Waals surface area contributed by atoms with Gasteiger partial charge in [0.25, 0.3) is 5.56 Å². The third-order valence-corrected chi connectivity index (χ3v) is 20.4. The number of aromatic amines is 1. The summed E-state index contributed by atoms with van der Waals surface area (Å²) in [5, 5.41) is 129. The predicted molar refractivity (Wildman–Crippen MR) is 380 cm³/mol. The van der Waals surface area contributed by atoms with E-state index in [4.69, 9.17) is 63.1 Å². The molecule has 7 aliphatic heterocycles. The number of carboxylic acid groups (broad SMARTS) is 1. The van der Waals surface area contributed by atoms with Crippen LogP contribution in [0.4, 0.5) is 0 Å². The van der Waals surface area contributed by atoms with E-state index in [-0.39, 0.29) is 62.8 Å². The minimum atomic E-state index is -2.37. The van der Waals surface area contributed by atoms with Crippen molar-refractivity contribution in [2.24, 2.45) is 17.4 Å². The van der Waals surface area contributed by atoms with Crippen LogP contribution in [0.1, 0.15) is 111 Å². The first kappa shape index (κ1) is 80.0. The second-order valence-corrected chi connectivity index (χ2v) is 29.2. The first-order chi connectivity index (χ1) is 51.5. The Morgan fingerprint density at radius 1 is 0.734 bits per heavy atom. The maximum Gasteiger partial charge on any atom is 0.330 e. The number of aromatic nitrogens is 3. The molecule has 8 heterocycles. The summed E-state index contributed by atoms with van der Waals surface area (Å²) in [6.45, 7) is 8.04. The van der Waals surface area contributed by atoms with E-state index in [0.29, 0.717) is 0 Å². The maximum atomic E-state index is 16.2. The molecule has 0 saturated carbocycles. The number of phenolic OH excluding ortho intramolecular Hbond substituents is 3. The van der Waals surface area contributed by atoms with E-state index in [2.05, 4.69) is 52.4 Å². The van der Waals surface area contributed by atoms with E-state index >= 15 is 14.4 Å². The number of hydrogen-bond acceptors (Lipinski definition) is 28. The normalized spacial score (nSPS) is 28.1. The van der Waals surface area contributed by atoms with Gasteiger partial charge >= 0.3 is 5.97 Å². The Morgan fingerprint density at radius 3 is 1.96 bits per heavy atom. The highest BCUT2D eigenvalue weighted by Crippen LogP contribution is 2.50. The Hall–Kier alpha value is -10.00. The summed E-state index contributed by atoms with van der Waals surface area (Å²) in [7, 11) is 1.47. The molecule has 1 aromatic heterocycles. The number of aliphatic hydroxyl groups is 5. The quantitative estimate of drug-likeness (QED) is 0.0629. The first-order valence-electron chi connectivity index (χ1n) is 33.9. The molecule has 5 aromatic carbocycles. The van der Waals surface area contributed by atoms with Crippen LogP contribution in [0.2, 0.25) is 10.0 Å². The molecule has 13 rings (SSSR count). The van der Waals surface area contributed by atoms with Gasteiger partial charge < -0.3 is 123 Å². The number of carbonyl (C=O) groups excluding carboxylic acids is 7. The predicted octanol–water partition coefficient (Wildman–Crippen LogP) is 0.693. The molecule has 0 unspecified atom stereocenters. The zero-order valence-electron chi connectivity index (χ0n) is 58.6. The topological polar surface area (TPSA) is 569 Å². The van der Waals surface area contributed by atoms with Crippen LogP contribution in [0.3, 0.4) is 0 Å². The van der Waals surface area contributed by atoms with Crippen LogP contribution in [-0.2, 0) is 52.6 Å². The second-order valence-electron chi connectivity index (χ2n) is 27.4. The van der Waals surface area contributed by atoms with Crippen molar-refractivity contribution < 1.29 is 113 Å². The number of rotatable bonds is 15. The molecule has 18 atom stereocenters. The highest BCUT2D eigenvalue weighted by molar-refractivity contribution is 7.99. The molecule has 36 nitrogen and oxygen atoms in total. The maximum absolute atomic E-state index is 16.2. The van der Waals surface area contributed by atoms with Crippen molar-refractivity contribution in [3.8, 4) is 57.1 Å². The van der Waals surface area contributed by atoms with Gasteiger partial charge in [-0.1, -0.05) is 67.0 Å². The lowest BCUT2D eigenvalue weighted by molar-refractivity contribution is -0.329. The zero-order valence-corrected chi connectivity index (χ0v) is 60.9. The molecule has 7 aliphatic rings. The van der Waals surface area contributed by atoms with Crippen LogP contribution in [0.15, 0.2) is 88.8 Å². The highest BCUT2D eigenvalue weighted by Gasteiger charge is 2.52. The molecule has 2 fully saturated rings. The third kappa shape index (κ3) is 17.4. The summed E-state index contributed by atoms with van der Waals surface area (Å²) in [4.78, 5) is 133. The molecule has 11 bridgehead atoms. The largest absolute Gasteiger partial charge is 0.508 e. The van der Waals surface area contributed by atoms with Crippen LogP contribution in [-0.4, -0.2) is 200 Å². The van der Waals surface area contributed by atoms with E-state index in [9.17, 15) is 74.7 Å². The number of thioether (sulfide) groups is 1. The number of carboxylic acids is 1. The third-order valence-electron chi connectivity index (χ3n) is 18.8. The number of phenols is 3. The second kappa shape index (κ2) is 32.7. The molecule has 0 radical (unpaired) electrons. The molecule has 2 saturated heterocycles. The Balaban J connectivity index is 1.16. The van der Waals surface area contributed by atoms with Crippen molar-refractivity contribution in [2.45, 2.75) is 168 Å². The fraction of sp³-hybridized carbons (Fsp3) is 0.414. The van der Waals surface area contributed by atoms with Crippen LogP contribution in [0.5, 0.6) is 46.0 Å². The minimum absolute atomic E-state index is 0.0190. The van der Waals surface area contributed by atoms with Crippen LogP contribution >= 0.6 is 35.0 Å². The van der Waals surface area contributed by atoms with Gasteiger partial charge in [-0.2, -0.15) is 0 Å². The molecule has 6 aromatic rings. The van der Waals surface area contributed by atoms with Gasteiger partial charge in [-0.15, -0.1) is 10.2 Å². The van der Waals surface area contributed by atoms with Crippen LogP contribution in [0.25, 0.3) is 11.1 Å². The number of nitrogens with zero attached hydrogens (tertiary/aromatic N) is 2. The van der Waals surface area contributed by atoms with Crippen molar-refractivity contribution in [2.75, 3.05) is 12.8 Å². The molecule has 7 amide bonds. The number of aryl methyl sites for hydroxylation is 1. The summed E-state index contributed by atoms with van der Waals surface area (Å²) in [6, 6.07) is -0.770. The van der Waals surface area contributed by atoms with Crippen LogP contribution < -0.4 is 68.5 Å². The van der Waals surface area contributed by atoms with E-state index in [1.54, 1.807) is 0 Å². The van der Waals surface area contributed by atoms with Crippen molar-refractivity contribution in [3.63, 3.8) is 0 Å². The lowest BCUT2D eigenvalue weighted by atomic mass is 9.86. The SMILES string of the molecule is CN[C@H](CC(C)C)C(=O)N[C@H]1C(=O)N[C@@H](CC(N)=O)C(=O)N[C@H]2C(=O)N[C@H]3C(=O)N[C@H](C(=O)N[C@H](C(=O)O)c4cc(O)cc(O)c4-c4cc3ccc4O)[C@H](O)c3ccc(c(Cl)c3)Oc3cc2cc(c3O[C@@H]2O[C@H](CSc3nnc(C)c(=O)[nH]3)[C@@H](O)[C@H](O)[C@H]2O[C@H]2C[C@](C)(N)[C@H](O)[C@H](C)O2)Oc2ccc(cc2Cl)[C@H]1O. The summed E-state index contributed by atoms with van der Waals surface area (Å²) in [5.74, 6) is -16.5. The monoisotopic (exact) mass is 1570 g/mol. The summed E-state index contributed by atoms with van der Waals surface area (Å²) in [6.07, 6.45) is -18.6. The van der Waals surface area contributed by atoms with Crippen LogP contribution in [0, 0.1) is 12.8 Å². The number of aliphatic hydroxyl groups excluding tert-OH is 5. The Morgan fingerprint density at radius 2 is 1.36 bits per heavy atom. The summed E-state index contributed by atoms with van der Waals surface area (Å²) < 4.78 is 39.4. The van der Waals surface area contributed by atoms with Crippen molar-refractivity contribution in [1.82, 2.24) is 52.4 Å². The number of carbonyl (C=O) groups is 8. The lowest BCUT2D eigenvalue weighted by Gasteiger charge is -2.47. The van der Waals surface area contributed by atoms with Gasteiger partial charge in [0.2, 0.25) is 53.4 Å². The number of aliphatic carboxylic acids is 1. The van der Waals surface area contributed by atoms with E-state index < -0.39 is 236 Å². The van der Waals surface area contributed by atoms with Gasteiger partial charge in [-0.05, 0) is 117 Å². The van der Waals surface area contributed by atoms with Gasteiger partial charge in [0.05, 0.1) is 40.8 Å². The van der Waals surface area contributed by atoms with Gasteiger partial charge in [0, 0.05) is 40.5 Å². The number of fused-ring (bicyclic) bond motifs is 15. The Kier molecular flexibility index (Phi) is 24.0. The molecular formula is C70H78Cl2N12O24S. The Bertz CT molecular complexity index is 4640. The fourth-order valence-electron chi connectivity index (χ4n) is 13.1. The number of H-pyrrole nitrogens is 1. The zero-order chi connectivity index (χ0) is 79.1. The van der Waals surface area contributed by atoms with Crippen molar-refractivity contribution in [1.29, 1.82) is 0 Å². The number of hydrogen-bond donors (Lipinski definition) is 19. The molecular weight excluding hydrogens is 1500 g/mol. The molecule has 582 valence electrons. The number of ether oxygens (including phenoxy) is 6. The smallest absolute Gasteiger partial charge is 0.330 e. The number of benzene rings is 5. The van der Waals surface area contributed by atoms with Gasteiger partial charge in [0.15, 0.2) is 35.1 Å². The molecule has 109 heavy (non-hydrogen) atoms. The number of nitrogens with one attached hydrogen (secondary N) is 8. The minimum Gasteiger partial charge on any atom is -0.508 e. The van der Waals surface area contributed by atoms with Crippen molar-refractivity contribution >= 4 is 82.3 Å². The molecule has 0 aliphatic carbocycles. The molecule has 39 heteroatoms. The number of aromatic hydroxyl groups is 3. The fourth-order valence-corrected chi connectivity index (χ4v) is 14.4.